The highest BCUT2D eigenvalue weighted by Gasteiger charge is 2.26. The Balaban J connectivity index is 2.36. The molecule has 2 aromatic rings. The summed E-state index contributed by atoms with van der Waals surface area (Å²) in [5, 5.41) is 0.672. The third-order valence-corrected chi connectivity index (χ3v) is 3.75. The lowest BCUT2D eigenvalue weighted by molar-refractivity contribution is 0.467. The van der Waals surface area contributed by atoms with E-state index in [1.165, 1.54) is 6.07 Å². The molecule has 0 spiro atoms. The van der Waals surface area contributed by atoms with Crippen LogP contribution >= 0.6 is 11.6 Å². The number of rotatable bonds is 4. The Bertz CT molecular complexity index is 570. The van der Waals surface area contributed by atoms with Gasteiger partial charge >= 0.3 is 0 Å². The highest BCUT2D eigenvalue weighted by Crippen LogP contribution is 2.29. The van der Waals surface area contributed by atoms with E-state index in [9.17, 15) is 4.39 Å². The van der Waals surface area contributed by atoms with Crippen LogP contribution in [0.5, 0.6) is 0 Å². The molecule has 2 aromatic carbocycles. The second-order valence-corrected chi connectivity index (χ2v) is 5.48. The maximum Gasteiger partial charge on any atom is 0.126 e. The normalized spacial score (nSPS) is 14.1. The summed E-state index contributed by atoms with van der Waals surface area (Å²) in [5.74, 6) is -0.191. The molecule has 1 atom stereocenters. The standard InChI is InChI=1S/C16H17ClFN/c1-16(11-19,13-6-4-7-14(17)9-13)10-12-5-2-3-8-15(12)18/h2-9H,10-11,19H2,1H3. The first-order valence-electron chi connectivity index (χ1n) is 6.25. The number of benzene rings is 2. The van der Waals surface area contributed by atoms with Gasteiger partial charge in [0.25, 0.3) is 0 Å². The van der Waals surface area contributed by atoms with E-state index in [-0.39, 0.29) is 11.2 Å². The highest BCUT2D eigenvalue weighted by molar-refractivity contribution is 6.30. The molecule has 2 N–H and O–H groups in total. The first-order valence-corrected chi connectivity index (χ1v) is 6.62. The van der Waals surface area contributed by atoms with Crippen molar-refractivity contribution in [2.75, 3.05) is 6.54 Å². The summed E-state index contributed by atoms with van der Waals surface area (Å²) < 4.78 is 13.8. The van der Waals surface area contributed by atoms with Crippen molar-refractivity contribution in [3.05, 3.63) is 70.5 Å². The molecule has 2 rings (SSSR count). The molecule has 0 aliphatic heterocycles. The molecule has 0 aliphatic rings. The van der Waals surface area contributed by atoms with Crippen LogP contribution in [-0.2, 0) is 11.8 Å². The lowest BCUT2D eigenvalue weighted by atomic mass is 9.77. The van der Waals surface area contributed by atoms with Crippen LogP contribution in [-0.4, -0.2) is 6.54 Å². The van der Waals surface area contributed by atoms with E-state index in [0.29, 0.717) is 23.6 Å². The first-order chi connectivity index (χ1) is 9.05. The molecule has 0 fully saturated rings. The summed E-state index contributed by atoms with van der Waals surface area (Å²) in [6, 6.07) is 14.4. The average Bonchev–Trinajstić information content (AvgIpc) is 2.41. The second kappa shape index (κ2) is 5.72. The van der Waals surface area contributed by atoms with E-state index in [1.54, 1.807) is 12.1 Å². The largest absolute Gasteiger partial charge is 0.330 e. The fourth-order valence-electron chi connectivity index (χ4n) is 2.22. The Morgan fingerprint density at radius 3 is 2.53 bits per heavy atom. The number of hydrogen-bond donors (Lipinski definition) is 1. The first kappa shape index (κ1) is 14.0. The molecule has 0 aromatic heterocycles. The number of halogens is 2. The van der Waals surface area contributed by atoms with E-state index in [1.807, 2.05) is 37.3 Å². The minimum absolute atomic E-state index is 0.191. The van der Waals surface area contributed by atoms with Gasteiger partial charge in [-0.1, -0.05) is 48.9 Å². The molecule has 0 heterocycles. The molecular weight excluding hydrogens is 261 g/mol. The van der Waals surface area contributed by atoms with Gasteiger partial charge in [0, 0.05) is 17.0 Å². The van der Waals surface area contributed by atoms with Gasteiger partial charge in [-0.05, 0) is 35.7 Å². The molecule has 100 valence electrons. The molecular formula is C16H17ClFN. The van der Waals surface area contributed by atoms with E-state index in [0.717, 1.165) is 5.56 Å². The van der Waals surface area contributed by atoms with Gasteiger partial charge in [-0.15, -0.1) is 0 Å². The van der Waals surface area contributed by atoms with Crippen LogP contribution in [0.25, 0.3) is 0 Å². The fourth-order valence-corrected chi connectivity index (χ4v) is 2.41. The zero-order valence-electron chi connectivity index (χ0n) is 10.9. The summed E-state index contributed by atoms with van der Waals surface area (Å²) in [6.45, 7) is 2.47. The Kier molecular flexibility index (Phi) is 4.23. The van der Waals surface area contributed by atoms with Crippen LogP contribution < -0.4 is 5.73 Å². The van der Waals surface area contributed by atoms with Crippen molar-refractivity contribution >= 4 is 11.6 Å². The second-order valence-electron chi connectivity index (χ2n) is 5.04. The van der Waals surface area contributed by atoms with Crippen molar-refractivity contribution in [1.29, 1.82) is 0 Å². The number of hydrogen-bond acceptors (Lipinski definition) is 1. The highest BCUT2D eigenvalue weighted by atomic mass is 35.5. The summed E-state index contributed by atoms with van der Waals surface area (Å²) in [6.07, 6.45) is 0.552. The van der Waals surface area contributed by atoms with E-state index >= 15 is 0 Å². The summed E-state index contributed by atoms with van der Waals surface area (Å²) >= 11 is 6.03. The molecule has 0 bridgehead atoms. The van der Waals surface area contributed by atoms with Crippen molar-refractivity contribution in [1.82, 2.24) is 0 Å². The molecule has 0 saturated heterocycles. The number of nitrogens with two attached hydrogens (primary N) is 1. The van der Waals surface area contributed by atoms with E-state index < -0.39 is 0 Å². The fraction of sp³-hybridized carbons (Fsp3) is 0.250. The molecule has 0 amide bonds. The van der Waals surface area contributed by atoms with Gasteiger partial charge in [-0.3, -0.25) is 0 Å². The van der Waals surface area contributed by atoms with Crippen LogP contribution in [0.1, 0.15) is 18.1 Å². The van der Waals surface area contributed by atoms with Gasteiger partial charge in [0.2, 0.25) is 0 Å². The minimum atomic E-state index is -0.326. The lowest BCUT2D eigenvalue weighted by Crippen LogP contribution is -2.34. The van der Waals surface area contributed by atoms with Crippen LogP contribution in [0.3, 0.4) is 0 Å². The van der Waals surface area contributed by atoms with Gasteiger partial charge in [-0.2, -0.15) is 0 Å². The quantitative estimate of drug-likeness (QED) is 0.900. The topological polar surface area (TPSA) is 26.0 Å². The Morgan fingerprint density at radius 2 is 1.89 bits per heavy atom. The lowest BCUT2D eigenvalue weighted by Gasteiger charge is -2.29. The summed E-state index contributed by atoms with van der Waals surface area (Å²) in [4.78, 5) is 0. The Morgan fingerprint density at radius 1 is 1.16 bits per heavy atom. The van der Waals surface area contributed by atoms with Gasteiger partial charge in [0.05, 0.1) is 0 Å². The van der Waals surface area contributed by atoms with Crippen molar-refractivity contribution in [3.8, 4) is 0 Å². The molecule has 0 radical (unpaired) electrons. The van der Waals surface area contributed by atoms with Crippen LogP contribution in [0.4, 0.5) is 4.39 Å². The zero-order valence-corrected chi connectivity index (χ0v) is 11.6. The zero-order chi connectivity index (χ0) is 13.9. The van der Waals surface area contributed by atoms with Crippen LogP contribution in [0, 0.1) is 5.82 Å². The van der Waals surface area contributed by atoms with Gasteiger partial charge in [-0.25, -0.2) is 4.39 Å². The van der Waals surface area contributed by atoms with Crippen LogP contribution in [0.2, 0.25) is 5.02 Å². The molecule has 19 heavy (non-hydrogen) atoms. The molecule has 1 nitrogen and oxygen atoms in total. The maximum atomic E-state index is 13.8. The van der Waals surface area contributed by atoms with Gasteiger partial charge in [0.15, 0.2) is 0 Å². The molecule has 3 heteroatoms. The maximum absolute atomic E-state index is 13.8. The SMILES string of the molecule is CC(CN)(Cc1ccccc1F)c1cccc(Cl)c1. The third-order valence-electron chi connectivity index (χ3n) is 3.51. The molecule has 1 unspecified atom stereocenters. The smallest absolute Gasteiger partial charge is 0.126 e. The van der Waals surface area contributed by atoms with Gasteiger partial charge < -0.3 is 5.73 Å². The Labute approximate surface area is 118 Å². The summed E-state index contributed by atoms with van der Waals surface area (Å²) in [5.41, 5.74) is 7.30. The van der Waals surface area contributed by atoms with Gasteiger partial charge in [0.1, 0.15) is 5.82 Å². The van der Waals surface area contributed by atoms with Crippen LogP contribution in [0.15, 0.2) is 48.5 Å². The summed E-state index contributed by atoms with van der Waals surface area (Å²) in [7, 11) is 0. The molecule has 0 aliphatic carbocycles. The van der Waals surface area contributed by atoms with Crippen molar-refractivity contribution in [2.24, 2.45) is 5.73 Å². The Hall–Kier alpha value is -1.38. The molecule has 0 saturated carbocycles. The third kappa shape index (κ3) is 3.14. The van der Waals surface area contributed by atoms with Crippen molar-refractivity contribution < 1.29 is 4.39 Å². The van der Waals surface area contributed by atoms with E-state index in [2.05, 4.69) is 0 Å². The average molecular weight is 278 g/mol. The monoisotopic (exact) mass is 277 g/mol. The predicted octanol–water partition coefficient (Wildman–Crippen LogP) is 3.94. The predicted molar refractivity (Wildman–Crippen MR) is 78.0 cm³/mol. The van der Waals surface area contributed by atoms with Crippen molar-refractivity contribution in [2.45, 2.75) is 18.8 Å². The van der Waals surface area contributed by atoms with Crippen molar-refractivity contribution in [3.63, 3.8) is 0 Å². The minimum Gasteiger partial charge on any atom is -0.330 e. The van der Waals surface area contributed by atoms with E-state index in [4.69, 9.17) is 17.3 Å².